The highest BCUT2D eigenvalue weighted by molar-refractivity contribution is 6.29. The van der Waals surface area contributed by atoms with Gasteiger partial charge in [-0.1, -0.05) is 11.6 Å². The second-order valence-electron chi connectivity index (χ2n) is 4.35. The van der Waals surface area contributed by atoms with Crippen LogP contribution in [0.4, 0.5) is 11.5 Å². The zero-order valence-electron chi connectivity index (χ0n) is 9.41. The zero-order chi connectivity index (χ0) is 11.5. The Morgan fingerprint density at radius 3 is 3.06 bits per heavy atom. The normalized spacial score (nSPS) is 22.0. The molecule has 0 spiro atoms. The van der Waals surface area contributed by atoms with Gasteiger partial charge in [-0.15, -0.1) is 0 Å². The Kier molecular flexibility index (Phi) is 3.51. The molecular formula is C11H17ClN4. The number of anilines is 2. The van der Waals surface area contributed by atoms with E-state index in [0.717, 1.165) is 12.4 Å². The van der Waals surface area contributed by atoms with Crippen LogP contribution in [-0.2, 0) is 0 Å². The molecule has 0 aliphatic carbocycles. The third-order valence-electron chi connectivity index (χ3n) is 2.79. The summed E-state index contributed by atoms with van der Waals surface area (Å²) < 4.78 is 0. The Bertz CT molecular complexity index is 349. The summed E-state index contributed by atoms with van der Waals surface area (Å²) in [6.07, 6.45) is 2.38. The summed E-state index contributed by atoms with van der Waals surface area (Å²) in [5, 5.41) is 3.81. The molecule has 1 fully saturated rings. The van der Waals surface area contributed by atoms with Crippen molar-refractivity contribution >= 4 is 23.1 Å². The number of hydrogen-bond acceptors (Lipinski definition) is 4. The lowest BCUT2D eigenvalue weighted by atomic mass is 10.1. The van der Waals surface area contributed by atoms with E-state index in [1.807, 2.05) is 6.07 Å². The van der Waals surface area contributed by atoms with E-state index in [0.29, 0.717) is 16.9 Å². The molecule has 0 aromatic carbocycles. The molecule has 0 bridgehead atoms. The SMILES string of the molecule is CN1CCCC(Nc2cc(N)cc(Cl)n2)C1. The fraction of sp³-hybridized carbons (Fsp3) is 0.545. The van der Waals surface area contributed by atoms with E-state index in [9.17, 15) is 0 Å². The largest absolute Gasteiger partial charge is 0.399 e. The van der Waals surface area contributed by atoms with Crippen LogP contribution in [0.2, 0.25) is 5.15 Å². The van der Waals surface area contributed by atoms with Gasteiger partial charge in [0.05, 0.1) is 0 Å². The molecule has 0 saturated carbocycles. The number of aromatic nitrogens is 1. The van der Waals surface area contributed by atoms with Gasteiger partial charge in [0.1, 0.15) is 11.0 Å². The number of nitrogens with one attached hydrogen (secondary N) is 1. The first-order chi connectivity index (χ1) is 7.63. The molecule has 3 N–H and O–H groups in total. The minimum absolute atomic E-state index is 0.434. The minimum Gasteiger partial charge on any atom is -0.399 e. The summed E-state index contributed by atoms with van der Waals surface area (Å²) in [4.78, 5) is 6.52. The van der Waals surface area contributed by atoms with Crippen molar-refractivity contribution in [3.05, 3.63) is 17.3 Å². The van der Waals surface area contributed by atoms with Crippen molar-refractivity contribution in [1.82, 2.24) is 9.88 Å². The monoisotopic (exact) mass is 240 g/mol. The number of piperidine rings is 1. The molecule has 2 rings (SSSR count). The number of likely N-dealkylation sites (tertiary alicyclic amines) is 1. The lowest BCUT2D eigenvalue weighted by Crippen LogP contribution is -2.39. The zero-order valence-corrected chi connectivity index (χ0v) is 10.2. The van der Waals surface area contributed by atoms with Crippen molar-refractivity contribution in [3.63, 3.8) is 0 Å². The maximum absolute atomic E-state index is 5.85. The average molecular weight is 241 g/mol. The summed E-state index contributed by atoms with van der Waals surface area (Å²) in [5.74, 6) is 0.769. The molecular weight excluding hydrogens is 224 g/mol. The lowest BCUT2D eigenvalue weighted by molar-refractivity contribution is 0.261. The van der Waals surface area contributed by atoms with E-state index in [4.69, 9.17) is 17.3 Å². The van der Waals surface area contributed by atoms with Crippen LogP contribution in [0.25, 0.3) is 0 Å². The second-order valence-corrected chi connectivity index (χ2v) is 4.74. The van der Waals surface area contributed by atoms with E-state index in [-0.39, 0.29) is 0 Å². The van der Waals surface area contributed by atoms with Crippen LogP contribution in [0.15, 0.2) is 12.1 Å². The number of nitrogens with two attached hydrogens (primary N) is 1. The van der Waals surface area contributed by atoms with Crippen molar-refractivity contribution < 1.29 is 0 Å². The molecule has 16 heavy (non-hydrogen) atoms. The van der Waals surface area contributed by atoms with Crippen molar-refractivity contribution in [2.45, 2.75) is 18.9 Å². The summed E-state index contributed by atoms with van der Waals surface area (Å²) in [7, 11) is 2.13. The molecule has 1 unspecified atom stereocenters. The Balaban J connectivity index is 2.02. The van der Waals surface area contributed by atoms with E-state index >= 15 is 0 Å². The van der Waals surface area contributed by atoms with Crippen molar-refractivity contribution in [2.24, 2.45) is 0 Å². The fourth-order valence-corrected chi connectivity index (χ4v) is 2.30. The van der Waals surface area contributed by atoms with Crippen molar-refractivity contribution in [1.29, 1.82) is 0 Å². The summed E-state index contributed by atoms with van der Waals surface area (Å²) in [5.41, 5.74) is 6.36. The van der Waals surface area contributed by atoms with Gasteiger partial charge in [-0.2, -0.15) is 0 Å². The molecule has 1 aliphatic heterocycles. The predicted octanol–water partition coefficient (Wildman–Crippen LogP) is 1.82. The smallest absolute Gasteiger partial charge is 0.133 e. The van der Waals surface area contributed by atoms with Crippen LogP contribution in [0.5, 0.6) is 0 Å². The first kappa shape index (κ1) is 11.5. The number of nitrogen functional groups attached to an aromatic ring is 1. The second kappa shape index (κ2) is 4.89. The standard InChI is InChI=1S/C11H17ClN4/c1-16-4-2-3-9(7-16)14-11-6-8(13)5-10(12)15-11/h5-6,9H,2-4,7H2,1H3,(H3,13,14,15). The molecule has 1 aromatic heterocycles. The van der Waals surface area contributed by atoms with Crippen molar-refractivity contribution in [3.8, 4) is 0 Å². The van der Waals surface area contributed by atoms with E-state index in [1.165, 1.54) is 19.4 Å². The highest BCUT2D eigenvalue weighted by atomic mass is 35.5. The number of pyridine rings is 1. The van der Waals surface area contributed by atoms with Gasteiger partial charge in [-0.05, 0) is 32.5 Å². The first-order valence-corrected chi connectivity index (χ1v) is 5.89. The number of halogens is 1. The first-order valence-electron chi connectivity index (χ1n) is 5.51. The quantitative estimate of drug-likeness (QED) is 0.775. The van der Waals surface area contributed by atoms with Gasteiger partial charge in [0.15, 0.2) is 0 Å². The van der Waals surface area contributed by atoms with Crippen LogP contribution < -0.4 is 11.1 Å². The number of likely N-dealkylation sites (N-methyl/N-ethyl adjacent to an activating group) is 1. The van der Waals surface area contributed by atoms with Gasteiger partial charge in [-0.25, -0.2) is 4.98 Å². The molecule has 0 amide bonds. The van der Waals surface area contributed by atoms with E-state index in [1.54, 1.807) is 6.07 Å². The van der Waals surface area contributed by atoms with Crippen LogP contribution in [-0.4, -0.2) is 36.1 Å². The summed E-state index contributed by atoms with van der Waals surface area (Å²) in [6.45, 7) is 2.21. The predicted molar refractivity (Wildman–Crippen MR) is 67.8 cm³/mol. The lowest BCUT2D eigenvalue weighted by Gasteiger charge is -2.30. The van der Waals surface area contributed by atoms with Gasteiger partial charge < -0.3 is 16.0 Å². The van der Waals surface area contributed by atoms with E-state index < -0.39 is 0 Å². The Labute approximate surface area is 101 Å². The van der Waals surface area contributed by atoms with Gasteiger partial charge in [0.2, 0.25) is 0 Å². The fourth-order valence-electron chi connectivity index (χ4n) is 2.08. The molecule has 4 nitrogen and oxygen atoms in total. The van der Waals surface area contributed by atoms with Crippen molar-refractivity contribution in [2.75, 3.05) is 31.2 Å². The van der Waals surface area contributed by atoms with Crippen LogP contribution in [0.3, 0.4) is 0 Å². The average Bonchev–Trinajstić information content (AvgIpc) is 2.15. The summed E-state index contributed by atoms with van der Waals surface area (Å²) in [6, 6.07) is 3.91. The topological polar surface area (TPSA) is 54.2 Å². The number of rotatable bonds is 2. The van der Waals surface area contributed by atoms with Gasteiger partial charge in [0, 0.05) is 24.3 Å². The van der Waals surface area contributed by atoms with Gasteiger partial charge >= 0.3 is 0 Å². The van der Waals surface area contributed by atoms with Gasteiger partial charge in [-0.3, -0.25) is 0 Å². The van der Waals surface area contributed by atoms with Gasteiger partial charge in [0.25, 0.3) is 0 Å². The Morgan fingerprint density at radius 2 is 2.38 bits per heavy atom. The maximum Gasteiger partial charge on any atom is 0.133 e. The maximum atomic E-state index is 5.85. The third-order valence-corrected chi connectivity index (χ3v) is 2.99. The molecule has 5 heteroatoms. The van der Waals surface area contributed by atoms with Crippen LogP contribution in [0.1, 0.15) is 12.8 Å². The Morgan fingerprint density at radius 1 is 1.56 bits per heavy atom. The Hall–Kier alpha value is -1.00. The highest BCUT2D eigenvalue weighted by Crippen LogP contribution is 2.18. The van der Waals surface area contributed by atoms with Crippen LogP contribution >= 0.6 is 11.6 Å². The molecule has 1 aromatic rings. The van der Waals surface area contributed by atoms with Crippen LogP contribution in [0, 0.1) is 0 Å². The molecule has 1 saturated heterocycles. The third kappa shape index (κ3) is 3.00. The molecule has 88 valence electrons. The molecule has 2 heterocycles. The number of hydrogen-bond donors (Lipinski definition) is 2. The van der Waals surface area contributed by atoms with E-state index in [2.05, 4.69) is 22.2 Å². The molecule has 0 radical (unpaired) electrons. The number of nitrogens with zero attached hydrogens (tertiary/aromatic N) is 2. The highest BCUT2D eigenvalue weighted by Gasteiger charge is 2.17. The molecule has 1 aliphatic rings. The summed E-state index contributed by atoms with van der Waals surface area (Å²) >= 11 is 5.85. The molecule has 1 atom stereocenters. The minimum atomic E-state index is 0.434.